The molecule has 5 nitrogen and oxygen atoms in total. The molecule has 0 fully saturated rings. The molecule has 0 aromatic carbocycles. The van der Waals surface area contributed by atoms with E-state index in [1.807, 2.05) is 6.92 Å². The summed E-state index contributed by atoms with van der Waals surface area (Å²) in [5.74, 6) is 0. The summed E-state index contributed by atoms with van der Waals surface area (Å²) in [5, 5.41) is 0. The first-order valence-corrected chi connectivity index (χ1v) is 6.08. The number of rotatable bonds is 6. The van der Waals surface area contributed by atoms with E-state index in [2.05, 4.69) is 0 Å². The van der Waals surface area contributed by atoms with Crippen molar-refractivity contribution < 1.29 is 8.42 Å². The van der Waals surface area contributed by atoms with Gasteiger partial charge in [0.05, 0.1) is 11.5 Å². The lowest BCUT2D eigenvalue weighted by Crippen LogP contribution is -2.44. The number of nitrogens with two attached hydrogens (primary N) is 1. The molecular weight excluding hydrogens is 222 g/mol. The molecule has 2 N–H and O–H groups in total. The number of nitrogens with zero attached hydrogens (tertiary/aromatic N) is 2. The Morgan fingerprint density at radius 2 is 1.93 bits per heavy atom. The van der Waals surface area contributed by atoms with Crippen LogP contribution in [0, 0.1) is 0 Å². The minimum absolute atomic E-state index is 0.101. The maximum Gasteiger partial charge on any atom is 0.281 e. The van der Waals surface area contributed by atoms with Gasteiger partial charge < -0.3 is 5.73 Å². The highest BCUT2D eigenvalue weighted by Gasteiger charge is 2.23. The molecule has 0 saturated heterocycles. The second-order valence-corrected chi connectivity index (χ2v) is 5.76. The zero-order valence-electron chi connectivity index (χ0n) is 8.73. The molecule has 0 atom stereocenters. The van der Waals surface area contributed by atoms with Gasteiger partial charge in [0.2, 0.25) is 0 Å². The lowest BCUT2D eigenvalue weighted by atomic mass is 10.5. The van der Waals surface area contributed by atoms with Gasteiger partial charge in [0, 0.05) is 20.6 Å². The molecule has 0 bridgehead atoms. The summed E-state index contributed by atoms with van der Waals surface area (Å²) in [6.45, 7) is 2.43. The van der Waals surface area contributed by atoms with Crippen LogP contribution in [0.25, 0.3) is 0 Å². The number of thiocarbonyl (C=S) groups is 1. The Hall–Kier alpha value is -0.240. The van der Waals surface area contributed by atoms with Crippen molar-refractivity contribution in [1.29, 1.82) is 0 Å². The van der Waals surface area contributed by atoms with Gasteiger partial charge in [-0.1, -0.05) is 19.1 Å². The van der Waals surface area contributed by atoms with Gasteiger partial charge in [-0.2, -0.15) is 17.0 Å². The van der Waals surface area contributed by atoms with Crippen molar-refractivity contribution in [3.8, 4) is 0 Å². The van der Waals surface area contributed by atoms with E-state index in [4.69, 9.17) is 18.0 Å². The van der Waals surface area contributed by atoms with Gasteiger partial charge in [-0.25, -0.2) is 0 Å². The minimum Gasteiger partial charge on any atom is -0.392 e. The van der Waals surface area contributed by atoms with E-state index < -0.39 is 10.2 Å². The lowest BCUT2D eigenvalue weighted by molar-refractivity contribution is 0.403. The van der Waals surface area contributed by atoms with Crippen molar-refractivity contribution in [3.05, 3.63) is 0 Å². The average Bonchev–Trinajstić information content (AvgIpc) is 2.02. The molecule has 0 aliphatic rings. The van der Waals surface area contributed by atoms with Gasteiger partial charge in [-0.3, -0.25) is 0 Å². The summed E-state index contributed by atoms with van der Waals surface area (Å²) in [6, 6.07) is 0. The van der Waals surface area contributed by atoms with Crippen LogP contribution in [0.15, 0.2) is 0 Å². The molecule has 0 amide bonds. The molecule has 0 aromatic heterocycles. The Kier molecular flexibility index (Phi) is 5.50. The standard InChI is InChI=1S/C7H17N3O2S2/c1-4-5-10(6-7(8)13)14(11,12)9(2)3/h4-6H2,1-3H3,(H2,8,13). The first-order valence-electron chi connectivity index (χ1n) is 4.28. The molecule has 0 radical (unpaired) electrons. The third-order valence-corrected chi connectivity index (χ3v) is 3.61. The zero-order chi connectivity index (χ0) is 11.4. The SMILES string of the molecule is CCCN(CC(N)=S)S(=O)(=O)N(C)C. The highest BCUT2D eigenvalue weighted by molar-refractivity contribution is 7.86. The van der Waals surface area contributed by atoms with Crippen LogP contribution in [0.1, 0.15) is 13.3 Å². The number of hydrogen-bond acceptors (Lipinski definition) is 3. The molecule has 0 aliphatic carbocycles. The second kappa shape index (κ2) is 5.59. The molecular formula is C7H17N3O2S2. The molecule has 0 aliphatic heterocycles. The van der Waals surface area contributed by atoms with Crippen LogP contribution in [0.5, 0.6) is 0 Å². The molecule has 84 valence electrons. The van der Waals surface area contributed by atoms with Crippen LogP contribution in [0.3, 0.4) is 0 Å². The van der Waals surface area contributed by atoms with Crippen molar-refractivity contribution >= 4 is 27.4 Å². The zero-order valence-corrected chi connectivity index (χ0v) is 10.4. The molecule has 0 aromatic rings. The topological polar surface area (TPSA) is 66.6 Å². The van der Waals surface area contributed by atoms with E-state index in [9.17, 15) is 8.42 Å². The quantitative estimate of drug-likeness (QED) is 0.651. The van der Waals surface area contributed by atoms with Crippen LogP contribution >= 0.6 is 12.2 Å². The van der Waals surface area contributed by atoms with Gasteiger partial charge in [0.1, 0.15) is 0 Å². The third kappa shape index (κ3) is 3.87. The maximum absolute atomic E-state index is 11.7. The normalized spacial score (nSPS) is 12.4. The summed E-state index contributed by atoms with van der Waals surface area (Å²) in [6.07, 6.45) is 0.732. The predicted octanol–water partition coefficient (Wildman–Crippen LogP) is -0.209. The largest absolute Gasteiger partial charge is 0.392 e. The van der Waals surface area contributed by atoms with E-state index in [1.165, 1.54) is 18.4 Å². The monoisotopic (exact) mass is 239 g/mol. The van der Waals surface area contributed by atoms with E-state index in [0.717, 1.165) is 10.7 Å². The average molecular weight is 239 g/mol. The van der Waals surface area contributed by atoms with Crippen LogP contribution in [0.2, 0.25) is 0 Å². The van der Waals surface area contributed by atoms with Crippen molar-refractivity contribution in [2.45, 2.75) is 13.3 Å². The fourth-order valence-electron chi connectivity index (χ4n) is 0.930. The molecule has 0 unspecified atom stereocenters. The summed E-state index contributed by atoms with van der Waals surface area (Å²) in [4.78, 5) is 0.184. The van der Waals surface area contributed by atoms with E-state index in [-0.39, 0.29) is 11.5 Å². The predicted molar refractivity (Wildman–Crippen MR) is 61.3 cm³/mol. The third-order valence-electron chi connectivity index (χ3n) is 1.59. The first-order chi connectivity index (χ1) is 6.32. The summed E-state index contributed by atoms with van der Waals surface area (Å²) in [7, 11) is -0.430. The maximum atomic E-state index is 11.7. The van der Waals surface area contributed by atoms with E-state index >= 15 is 0 Å². The molecule has 0 saturated carbocycles. The Labute approximate surface area is 91.0 Å². The van der Waals surface area contributed by atoms with Crippen molar-refractivity contribution in [3.63, 3.8) is 0 Å². The van der Waals surface area contributed by atoms with Crippen molar-refractivity contribution in [1.82, 2.24) is 8.61 Å². The Morgan fingerprint density at radius 1 is 1.43 bits per heavy atom. The van der Waals surface area contributed by atoms with Gasteiger partial charge in [-0.05, 0) is 6.42 Å². The summed E-state index contributed by atoms with van der Waals surface area (Å²) in [5.41, 5.74) is 5.33. The molecule has 0 heterocycles. The fourth-order valence-corrected chi connectivity index (χ4v) is 2.35. The summed E-state index contributed by atoms with van der Waals surface area (Å²) < 4.78 is 25.8. The first kappa shape index (κ1) is 13.8. The Morgan fingerprint density at radius 3 is 2.21 bits per heavy atom. The molecule has 7 heteroatoms. The van der Waals surface area contributed by atoms with Crippen molar-refractivity contribution in [2.24, 2.45) is 5.73 Å². The van der Waals surface area contributed by atoms with E-state index in [0.29, 0.717) is 6.54 Å². The van der Waals surface area contributed by atoms with Crippen LogP contribution in [-0.4, -0.2) is 49.2 Å². The molecule has 14 heavy (non-hydrogen) atoms. The Balaban J connectivity index is 4.73. The smallest absolute Gasteiger partial charge is 0.281 e. The van der Waals surface area contributed by atoms with Crippen LogP contribution in [0.4, 0.5) is 0 Å². The van der Waals surface area contributed by atoms with Gasteiger partial charge in [0.15, 0.2) is 0 Å². The van der Waals surface area contributed by atoms with Gasteiger partial charge in [-0.15, -0.1) is 0 Å². The van der Waals surface area contributed by atoms with Crippen molar-refractivity contribution in [2.75, 3.05) is 27.2 Å². The van der Waals surface area contributed by atoms with Gasteiger partial charge >= 0.3 is 0 Å². The summed E-state index contributed by atoms with van der Waals surface area (Å²) >= 11 is 4.69. The van der Waals surface area contributed by atoms with Gasteiger partial charge in [0.25, 0.3) is 10.2 Å². The van der Waals surface area contributed by atoms with E-state index in [1.54, 1.807) is 0 Å². The van der Waals surface area contributed by atoms with Crippen LogP contribution in [-0.2, 0) is 10.2 Å². The highest BCUT2D eigenvalue weighted by atomic mass is 32.2. The Bertz CT molecular complexity index is 287. The minimum atomic E-state index is -3.40. The van der Waals surface area contributed by atoms with Crippen LogP contribution < -0.4 is 5.73 Å². The lowest BCUT2D eigenvalue weighted by Gasteiger charge is -2.24. The fraction of sp³-hybridized carbons (Fsp3) is 0.857. The number of hydrogen-bond donors (Lipinski definition) is 1. The second-order valence-electron chi connectivity index (χ2n) is 3.09. The molecule has 0 rings (SSSR count). The highest BCUT2D eigenvalue weighted by Crippen LogP contribution is 2.04. The molecule has 0 spiro atoms.